The fraction of sp³-hybridized carbons (Fsp3) is 0.625. The summed E-state index contributed by atoms with van der Waals surface area (Å²) in [6.45, 7) is 5.42. The first-order valence-electron chi connectivity index (χ1n) is 7.95. The van der Waals surface area contributed by atoms with E-state index in [0.29, 0.717) is 12.3 Å². The second kappa shape index (κ2) is 7.89. The standard InChI is InChI=1S/C16H24N4O3/c1-11-9-18-12(2)16(19-11)20-7-5-13(6-8-20)3-4-15(22)23-10-14(17)21/h9,13H,3-8,10H2,1-2H3,(H2,17,21). The molecule has 1 aromatic rings. The lowest BCUT2D eigenvalue weighted by atomic mass is 9.92. The van der Waals surface area contributed by atoms with Gasteiger partial charge in [-0.25, -0.2) is 4.98 Å². The van der Waals surface area contributed by atoms with Crippen molar-refractivity contribution in [3.63, 3.8) is 0 Å². The van der Waals surface area contributed by atoms with Gasteiger partial charge in [-0.2, -0.15) is 0 Å². The molecule has 126 valence electrons. The van der Waals surface area contributed by atoms with Crippen LogP contribution in [0.1, 0.15) is 37.1 Å². The third-order valence-corrected chi connectivity index (χ3v) is 4.10. The highest BCUT2D eigenvalue weighted by molar-refractivity contribution is 5.78. The first-order chi connectivity index (χ1) is 11.0. The summed E-state index contributed by atoms with van der Waals surface area (Å²) in [6.07, 6.45) is 4.92. The van der Waals surface area contributed by atoms with E-state index in [-0.39, 0.29) is 12.6 Å². The number of aromatic nitrogens is 2. The van der Waals surface area contributed by atoms with Gasteiger partial charge in [-0.05, 0) is 39.0 Å². The molecule has 2 N–H and O–H groups in total. The minimum atomic E-state index is -0.624. The van der Waals surface area contributed by atoms with Crippen molar-refractivity contribution >= 4 is 17.7 Å². The van der Waals surface area contributed by atoms with Crippen molar-refractivity contribution in [1.82, 2.24) is 9.97 Å². The Labute approximate surface area is 136 Å². The molecule has 0 aromatic carbocycles. The SMILES string of the molecule is Cc1cnc(C)c(N2CCC(CCC(=O)OCC(N)=O)CC2)n1. The maximum absolute atomic E-state index is 11.5. The van der Waals surface area contributed by atoms with E-state index in [2.05, 4.69) is 14.9 Å². The molecule has 1 aliphatic rings. The predicted molar refractivity (Wildman–Crippen MR) is 85.8 cm³/mol. The van der Waals surface area contributed by atoms with E-state index in [1.54, 1.807) is 6.20 Å². The van der Waals surface area contributed by atoms with Crippen molar-refractivity contribution in [1.29, 1.82) is 0 Å². The first-order valence-corrected chi connectivity index (χ1v) is 7.95. The van der Waals surface area contributed by atoms with Crippen LogP contribution < -0.4 is 10.6 Å². The molecular formula is C16H24N4O3. The van der Waals surface area contributed by atoms with Gasteiger partial charge in [0.2, 0.25) is 0 Å². The van der Waals surface area contributed by atoms with Crippen LogP contribution in [0.15, 0.2) is 6.20 Å². The average Bonchev–Trinajstić information content (AvgIpc) is 2.54. The van der Waals surface area contributed by atoms with Crippen LogP contribution in [-0.4, -0.2) is 41.5 Å². The molecule has 7 heteroatoms. The number of aryl methyl sites for hydroxylation is 2. The van der Waals surface area contributed by atoms with Gasteiger partial charge >= 0.3 is 5.97 Å². The van der Waals surface area contributed by atoms with Crippen LogP contribution in [0.3, 0.4) is 0 Å². The Morgan fingerprint density at radius 1 is 1.35 bits per heavy atom. The van der Waals surface area contributed by atoms with E-state index in [1.165, 1.54) is 0 Å². The summed E-state index contributed by atoms with van der Waals surface area (Å²) in [6, 6.07) is 0. The molecular weight excluding hydrogens is 296 g/mol. The lowest BCUT2D eigenvalue weighted by molar-refractivity contribution is -0.148. The maximum Gasteiger partial charge on any atom is 0.306 e. The molecule has 0 aliphatic carbocycles. The molecule has 0 saturated carbocycles. The third kappa shape index (κ3) is 5.19. The molecule has 0 unspecified atom stereocenters. The molecule has 0 bridgehead atoms. The van der Waals surface area contributed by atoms with Gasteiger partial charge in [0.15, 0.2) is 6.61 Å². The average molecular weight is 320 g/mol. The number of ether oxygens (including phenoxy) is 1. The second-order valence-electron chi connectivity index (χ2n) is 6.02. The summed E-state index contributed by atoms with van der Waals surface area (Å²) in [5.41, 5.74) is 6.81. The smallest absolute Gasteiger partial charge is 0.306 e. The van der Waals surface area contributed by atoms with Gasteiger partial charge in [0.25, 0.3) is 5.91 Å². The topological polar surface area (TPSA) is 98.4 Å². The molecule has 1 saturated heterocycles. The fourth-order valence-electron chi connectivity index (χ4n) is 2.80. The van der Waals surface area contributed by atoms with E-state index >= 15 is 0 Å². The minimum absolute atomic E-state index is 0.331. The van der Waals surface area contributed by atoms with Crippen molar-refractivity contribution in [2.75, 3.05) is 24.6 Å². The zero-order valence-corrected chi connectivity index (χ0v) is 13.7. The van der Waals surface area contributed by atoms with Gasteiger partial charge in [-0.1, -0.05) is 0 Å². The Bertz CT molecular complexity index is 568. The summed E-state index contributed by atoms with van der Waals surface area (Å²) >= 11 is 0. The van der Waals surface area contributed by atoms with Crippen molar-refractivity contribution < 1.29 is 14.3 Å². The number of nitrogens with two attached hydrogens (primary N) is 1. The number of nitrogens with zero attached hydrogens (tertiary/aromatic N) is 3. The zero-order chi connectivity index (χ0) is 16.8. The van der Waals surface area contributed by atoms with E-state index in [4.69, 9.17) is 10.5 Å². The monoisotopic (exact) mass is 320 g/mol. The van der Waals surface area contributed by atoms with Gasteiger partial charge in [0.1, 0.15) is 5.82 Å². The van der Waals surface area contributed by atoms with Crippen LogP contribution in [0.4, 0.5) is 5.82 Å². The first kappa shape index (κ1) is 17.2. The quantitative estimate of drug-likeness (QED) is 0.789. The summed E-state index contributed by atoms with van der Waals surface area (Å²) in [4.78, 5) is 33.3. The number of piperidine rings is 1. The van der Waals surface area contributed by atoms with E-state index in [0.717, 1.165) is 49.6 Å². The molecule has 7 nitrogen and oxygen atoms in total. The van der Waals surface area contributed by atoms with Crippen LogP contribution in [-0.2, 0) is 14.3 Å². The molecule has 1 aliphatic heterocycles. The van der Waals surface area contributed by atoms with Crippen molar-refractivity contribution in [3.8, 4) is 0 Å². The van der Waals surface area contributed by atoms with Crippen LogP contribution in [0, 0.1) is 19.8 Å². The summed E-state index contributed by atoms with van der Waals surface area (Å²) in [5.74, 6) is 0.475. The van der Waals surface area contributed by atoms with Gasteiger partial charge in [-0.3, -0.25) is 14.6 Å². The molecule has 1 amide bonds. The van der Waals surface area contributed by atoms with Crippen molar-refractivity contribution in [2.24, 2.45) is 11.7 Å². The predicted octanol–water partition coefficient (Wildman–Crippen LogP) is 1.12. The van der Waals surface area contributed by atoms with Crippen molar-refractivity contribution in [3.05, 3.63) is 17.6 Å². The number of hydrogen-bond acceptors (Lipinski definition) is 6. The number of primary amides is 1. The zero-order valence-electron chi connectivity index (χ0n) is 13.7. The summed E-state index contributed by atoms with van der Waals surface area (Å²) in [7, 11) is 0. The van der Waals surface area contributed by atoms with Gasteiger partial charge < -0.3 is 15.4 Å². The Balaban J connectivity index is 1.77. The Hall–Kier alpha value is -2.18. The summed E-state index contributed by atoms with van der Waals surface area (Å²) < 4.78 is 4.77. The van der Waals surface area contributed by atoms with Gasteiger partial charge in [0, 0.05) is 25.7 Å². The lowest BCUT2D eigenvalue weighted by Crippen LogP contribution is -2.35. The highest BCUT2D eigenvalue weighted by Gasteiger charge is 2.22. The molecule has 1 aromatic heterocycles. The number of anilines is 1. The van der Waals surface area contributed by atoms with Crippen LogP contribution in [0.25, 0.3) is 0 Å². The number of esters is 1. The molecule has 0 atom stereocenters. The number of rotatable bonds is 6. The third-order valence-electron chi connectivity index (χ3n) is 4.10. The highest BCUT2D eigenvalue weighted by Crippen LogP contribution is 2.26. The largest absolute Gasteiger partial charge is 0.456 e. The molecule has 2 rings (SSSR count). The number of carbonyl (C=O) groups excluding carboxylic acids is 2. The van der Waals surface area contributed by atoms with Crippen LogP contribution in [0.2, 0.25) is 0 Å². The summed E-state index contributed by atoms with van der Waals surface area (Å²) in [5, 5.41) is 0. The number of carbonyl (C=O) groups is 2. The van der Waals surface area contributed by atoms with E-state index in [9.17, 15) is 9.59 Å². The molecule has 0 radical (unpaired) electrons. The highest BCUT2D eigenvalue weighted by atomic mass is 16.5. The van der Waals surface area contributed by atoms with E-state index < -0.39 is 5.91 Å². The Kier molecular flexibility index (Phi) is 5.90. The van der Waals surface area contributed by atoms with Crippen LogP contribution in [0.5, 0.6) is 0 Å². The number of amides is 1. The fourth-order valence-corrected chi connectivity index (χ4v) is 2.80. The lowest BCUT2D eigenvalue weighted by Gasteiger charge is -2.33. The maximum atomic E-state index is 11.5. The van der Waals surface area contributed by atoms with E-state index in [1.807, 2.05) is 13.8 Å². The van der Waals surface area contributed by atoms with Crippen molar-refractivity contribution in [2.45, 2.75) is 39.5 Å². The van der Waals surface area contributed by atoms with Gasteiger partial charge in [0.05, 0.1) is 11.4 Å². The second-order valence-corrected chi connectivity index (χ2v) is 6.02. The van der Waals surface area contributed by atoms with Crippen LogP contribution >= 0.6 is 0 Å². The minimum Gasteiger partial charge on any atom is -0.456 e. The molecule has 0 spiro atoms. The molecule has 2 heterocycles. The van der Waals surface area contributed by atoms with Gasteiger partial charge in [-0.15, -0.1) is 0 Å². The number of hydrogen-bond donors (Lipinski definition) is 1. The normalized spacial score (nSPS) is 15.5. The molecule has 1 fully saturated rings. The Morgan fingerprint density at radius 2 is 2.04 bits per heavy atom. The molecule has 23 heavy (non-hydrogen) atoms. The Morgan fingerprint density at radius 3 is 2.70 bits per heavy atom.